The number of nitrogens with one attached hydrogen (secondary N) is 2. The van der Waals surface area contributed by atoms with Crippen molar-refractivity contribution >= 4 is 29.0 Å². The van der Waals surface area contributed by atoms with Gasteiger partial charge in [-0.05, 0) is 55.2 Å². The van der Waals surface area contributed by atoms with Gasteiger partial charge in [-0.25, -0.2) is 4.79 Å². The lowest BCUT2D eigenvalue weighted by atomic mass is 9.86. The molecule has 0 spiro atoms. The highest BCUT2D eigenvalue weighted by atomic mass is 32.1. The molecule has 0 unspecified atom stereocenters. The van der Waals surface area contributed by atoms with Gasteiger partial charge in [0.2, 0.25) is 0 Å². The van der Waals surface area contributed by atoms with Gasteiger partial charge in [0, 0.05) is 11.7 Å². The normalized spacial score (nSPS) is 21.4. The van der Waals surface area contributed by atoms with Gasteiger partial charge < -0.3 is 15.4 Å². The molecule has 0 radical (unpaired) electrons. The van der Waals surface area contributed by atoms with Gasteiger partial charge in [-0.3, -0.25) is 0 Å². The van der Waals surface area contributed by atoms with E-state index in [1.54, 1.807) is 12.1 Å². The van der Waals surface area contributed by atoms with Crippen LogP contribution in [0.3, 0.4) is 0 Å². The van der Waals surface area contributed by atoms with Gasteiger partial charge in [0.1, 0.15) is 0 Å². The summed E-state index contributed by atoms with van der Waals surface area (Å²) < 4.78 is 4.67. The average Bonchev–Trinajstić information content (AvgIpc) is 2.49. The monoisotopic (exact) mass is 306 g/mol. The van der Waals surface area contributed by atoms with E-state index in [1.165, 1.54) is 32.8 Å². The van der Waals surface area contributed by atoms with Crippen molar-refractivity contribution in [2.75, 3.05) is 12.4 Å². The lowest BCUT2D eigenvalue weighted by molar-refractivity contribution is 0.0601. The maximum absolute atomic E-state index is 11.4. The van der Waals surface area contributed by atoms with Crippen LogP contribution in [0.5, 0.6) is 0 Å². The molecule has 0 aromatic heterocycles. The van der Waals surface area contributed by atoms with Crippen LogP contribution in [0.2, 0.25) is 0 Å². The Kier molecular flexibility index (Phi) is 5.56. The molecule has 0 bridgehead atoms. The Hall–Kier alpha value is -1.62. The zero-order valence-corrected chi connectivity index (χ0v) is 13.3. The first-order valence-electron chi connectivity index (χ1n) is 7.36. The Labute approximate surface area is 131 Å². The third-order valence-electron chi connectivity index (χ3n) is 3.99. The predicted molar refractivity (Wildman–Crippen MR) is 88.6 cm³/mol. The molecule has 2 rings (SSSR count). The molecule has 1 fully saturated rings. The second-order valence-corrected chi connectivity index (χ2v) is 5.94. The number of carbonyl (C=O) groups is 1. The molecule has 5 heteroatoms. The number of hydrogen-bond donors (Lipinski definition) is 2. The van der Waals surface area contributed by atoms with Crippen LogP contribution < -0.4 is 10.6 Å². The first kappa shape index (κ1) is 15.8. The number of carbonyl (C=O) groups excluding carboxylic acids is 1. The van der Waals surface area contributed by atoms with Crippen LogP contribution >= 0.6 is 12.2 Å². The highest BCUT2D eigenvalue weighted by molar-refractivity contribution is 7.80. The molecular weight excluding hydrogens is 284 g/mol. The first-order valence-corrected chi connectivity index (χ1v) is 7.77. The van der Waals surface area contributed by atoms with Gasteiger partial charge >= 0.3 is 5.97 Å². The molecule has 1 aliphatic rings. The van der Waals surface area contributed by atoms with Gasteiger partial charge in [-0.15, -0.1) is 0 Å². The van der Waals surface area contributed by atoms with Gasteiger partial charge in [0.25, 0.3) is 0 Å². The predicted octanol–water partition coefficient (Wildman–Crippen LogP) is 3.34. The number of thiocarbonyl (C=S) groups is 1. The summed E-state index contributed by atoms with van der Waals surface area (Å²) in [5.41, 5.74) is 1.39. The zero-order valence-electron chi connectivity index (χ0n) is 12.5. The molecule has 1 aromatic carbocycles. The molecule has 1 saturated carbocycles. The molecule has 0 heterocycles. The number of ether oxygens (including phenoxy) is 1. The van der Waals surface area contributed by atoms with Gasteiger partial charge in [0.05, 0.1) is 12.7 Å². The Morgan fingerprint density at radius 3 is 2.52 bits per heavy atom. The van der Waals surface area contributed by atoms with Crippen molar-refractivity contribution < 1.29 is 9.53 Å². The van der Waals surface area contributed by atoms with Crippen LogP contribution in [0.15, 0.2) is 24.3 Å². The molecule has 2 N–H and O–H groups in total. The van der Waals surface area contributed by atoms with Crippen molar-refractivity contribution in [2.24, 2.45) is 5.92 Å². The van der Waals surface area contributed by atoms with Crippen molar-refractivity contribution in [2.45, 2.75) is 38.6 Å². The third-order valence-corrected chi connectivity index (χ3v) is 4.21. The minimum atomic E-state index is -0.335. The Balaban J connectivity index is 1.88. The van der Waals surface area contributed by atoms with Crippen molar-refractivity contribution in [3.63, 3.8) is 0 Å². The Morgan fingerprint density at radius 2 is 1.90 bits per heavy atom. The SMILES string of the molecule is COC(=O)c1ccc(NC(=S)N[C@H]2CCCC[C@@H]2C)cc1. The maximum atomic E-state index is 11.4. The van der Waals surface area contributed by atoms with E-state index in [0.717, 1.165) is 5.69 Å². The van der Waals surface area contributed by atoms with E-state index in [9.17, 15) is 4.79 Å². The molecule has 0 saturated heterocycles. The lowest BCUT2D eigenvalue weighted by Crippen LogP contribution is -2.43. The van der Waals surface area contributed by atoms with Crippen molar-refractivity contribution in [3.8, 4) is 0 Å². The van der Waals surface area contributed by atoms with E-state index in [-0.39, 0.29) is 5.97 Å². The molecule has 2 atom stereocenters. The number of hydrogen-bond acceptors (Lipinski definition) is 3. The number of rotatable bonds is 3. The van der Waals surface area contributed by atoms with Crippen LogP contribution in [0, 0.1) is 5.92 Å². The summed E-state index contributed by atoms with van der Waals surface area (Å²) in [6, 6.07) is 7.54. The van der Waals surface area contributed by atoms with Crippen LogP contribution in [0.25, 0.3) is 0 Å². The van der Waals surface area contributed by atoms with E-state index in [4.69, 9.17) is 12.2 Å². The number of anilines is 1. The molecule has 1 aliphatic carbocycles. The summed E-state index contributed by atoms with van der Waals surface area (Å²) in [4.78, 5) is 11.4. The van der Waals surface area contributed by atoms with E-state index >= 15 is 0 Å². The number of benzene rings is 1. The number of methoxy groups -OCH3 is 1. The number of esters is 1. The summed E-state index contributed by atoms with van der Waals surface area (Å²) in [5, 5.41) is 7.19. The van der Waals surface area contributed by atoms with Gasteiger partial charge in [-0.2, -0.15) is 0 Å². The smallest absolute Gasteiger partial charge is 0.337 e. The largest absolute Gasteiger partial charge is 0.465 e. The van der Waals surface area contributed by atoms with Crippen molar-refractivity contribution in [1.82, 2.24) is 5.32 Å². The molecule has 1 aromatic rings. The summed E-state index contributed by atoms with van der Waals surface area (Å²) in [5.74, 6) is 0.318. The maximum Gasteiger partial charge on any atom is 0.337 e. The minimum absolute atomic E-state index is 0.335. The molecule has 0 aliphatic heterocycles. The van der Waals surface area contributed by atoms with Crippen LogP contribution in [0.4, 0.5) is 5.69 Å². The van der Waals surface area contributed by atoms with E-state index in [1.807, 2.05) is 12.1 Å². The molecule has 0 amide bonds. The average molecular weight is 306 g/mol. The highest BCUT2D eigenvalue weighted by Gasteiger charge is 2.21. The van der Waals surface area contributed by atoms with Gasteiger partial charge in [0.15, 0.2) is 5.11 Å². The fraction of sp³-hybridized carbons (Fsp3) is 0.500. The standard InChI is InChI=1S/C16H22N2O2S/c1-11-5-3-4-6-14(11)18-16(21)17-13-9-7-12(8-10-13)15(19)20-2/h7-11,14H,3-6H2,1-2H3,(H2,17,18,21)/t11-,14-/m0/s1. The van der Waals surface area contributed by atoms with Crippen LogP contribution in [-0.2, 0) is 4.74 Å². The minimum Gasteiger partial charge on any atom is -0.465 e. The molecule has 114 valence electrons. The topological polar surface area (TPSA) is 50.4 Å². The molecule has 4 nitrogen and oxygen atoms in total. The molecular formula is C16H22N2O2S. The summed E-state index contributed by atoms with van der Waals surface area (Å²) in [6.07, 6.45) is 5.01. The van der Waals surface area contributed by atoms with E-state index in [0.29, 0.717) is 22.6 Å². The summed E-state index contributed by atoms with van der Waals surface area (Å²) >= 11 is 5.36. The second-order valence-electron chi connectivity index (χ2n) is 5.54. The summed E-state index contributed by atoms with van der Waals surface area (Å²) in [6.45, 7) is 2.27. The fourth-order valence-corrected chi connectivity index (χ4v) is 2.94. The second kappa shape index (κ2) is 7.41. The third kappa shape index (κ3) is 4.43. The summed E-state index contributed by atoms with van der Waals surface area (Å²) in [7, 11) is 1.37. The van der Waals surface area contributed by atoms with Gasteiger partial charge in [-0.1, -0.05) is 19.8 Å². The highest BCUT2D eigenvalue weighted by Crippen LogP contribution is 2.23. The Bertz CT molecular complexity index is 502. The first-order chi connectivity index (χ1) is 10.1. The van der Waals surface area contributed by atoms with Crippen molar-refractivity contribution in [1.29, 1.82) is 0 Å². The quantitative estimate of drug-likeness (QED) is 0.662. The van der Waals surface area contributed by atoms with Crippen molar-refractivity contribution in [3.05, 3.63) is 29.8 Å². The van der Waals surface area contributed by atoms with Crippen LogP contribution in [0.1, 0.15) is 43.0 Å². The van der Waals surface area contributed by atoms with E-state index < -0.39 is 0 Å². The lowest BCUT2D eigenvalue weighted by Gasteiger charge is -2.30. The Morgan fingerprint density at radius 1 is 1.24 bits per heavy atom. The molecule has 21 heavy (non-hydrogen) atoms. The van der Waals surface area contributed by atoms with Crippen LogP contribution in [-0.4, -0.2) is 24.2 Å². The zero-order chi connectivity index (χ0) is 15.2. The fourth-order valence-electron chi connectivity index (χ4n) is 2.67. The van der Waals surface area contributed by atoms with E-state index in [2.05, 4.69) is 22.3 Å².